The van der Waals surface area contributed by atoms with E-state index >= 15 is 0 Å². The highest BCUT2D eigenvalue weighted by molar-refractivity contribution is 14.1. The maximum absolute atomic E-state index is 12.2. The number of nitrogen functional groups attached to an aromatic ring is 2. The number of nitrogens with zero attached hydrogens (tertiary/aromatic N) is 10. The monoisotopic (exact) mass is 859 g/mol. The van der Waals surface area contributed by atoms with E-state index in [9.17, 15) is 25.0 Å². The molecule has 3 aromatic carbocycles. The summed E-state index contributed by atoms with van der Waals surface area (Å²) >= 11 is 2.05. The molecule has 0 saturated carbocycles. The lowest BCUT2D eigenvalue weighted by atomic mass is 10.1. The van der Waals surface area contributed by atoms with E-state index in [4.69, 9.17) is 20.9 Å². The van der Waals surface area contributed by atoms with Gasteiger partial charge in [0, 0.05) is 29.8 Å². The number of nitrogens with two attached hydrogens (primary N) is 2. The maximum Gasteiger partial charge on any atom is 0.412 e. The average Bonchev–Trinajstić information content (AvgIpc) is 3.71. The number of hydrogen-bond acceptors (Lipinski definition) is 15. The average molecular weight is 860 g/mol. The fourth-order valence-electron chi connectivity index (χ4n) is 5.26. The summed E-state index contributed by atoms with van der Waals surface area (Å²) in [5.41, 5.74) is 15.0. The third-order valence-corrected chi connectivity index (χ3v) is 8.42. The van der Waals surface area contributed by atoms with Crippen molar-refractivity contribution >= 4 is 79.4 Å². The minimum Gasteiger partial charge on any atom is -0.495 e. The number of halogens is 1. The van der Waals surface area contributed by atoms with Crippen LogP contribution >= 0.6 is 22.6 Å². The predicted molar refractivity (Wildman–Crippen MR) is 210 cm³/mol. The van der Waals surface area contributed by atoms with Crippen molar-refractivity contribution in [2.75, 3.05) is 23.9 Å². The van der Waals surface area contributed by atoms with E-state index in [2.05, 4.69) is 35.5 Å². The Morgan fingerprint density at radius 3 is 1.80 bits per heavy atom. The van der Waals surface area contributed by atoms with Crippen molar-refractivity contribution in [2.45, 2.75) is 26.4 Å². The fourth-order valence-corrected chi connectivity index (χ4v) is 5.99. The second kappa shape index (κ2) is 15.1. The van der Waals surface area contributed by atoms with Gasteiger partial charge in [0.25, 0.3) is 11.4 Å². The summed E-state index contributed by atoms with van der Waals surface area (Å²) < 4.78 is 14.6. The number of amides is 1. The smallest absolute Gasteiger partial charge is 0.412 e. The van der Waals surface area contributed by atoms with Crippen LogP contribution in [0.4, 0.5) is 33.5 Å². The largest absolute Gasteiger partial charge is 0.495 e. The van der Waals surface area contributed by atoms with Crippen molar-refractivity contribution in [3.05, 3.63) is 103 Å². The summed E-state index contributed by atoms with van der Waals surface area (Å²) in [6, 6.07) is 17.1. The Labute approximate surface area is 323 Å². The number of rotatable bonds is 7. The number of ether oxygens (including phenoxy) is 2. The second-order valence-electron chi connectivity index (χ2n) is 12.5. The molecule has 0 fully saturated rings. The number of fused-ring (bicyclic) bond motifs is 2. The van der Waals surface area contributed by atoms with Gasteiger partial charge in [-0.1, -0.05) is 6.07 Å². The highest BCUT2D eigenvalue weighted by atomic mass is 127. The number of hydrogen-bond donors (Lipinski definition) is 3. The van der Waals surface area contributed by atoms with E-state index in [-0.39, 0.29) is 17.2 Å². The first-order valence-electron chi connectivity index (χ1n) is 16.0. The summed E-state index contributed by atoms with van der Waals surface area (Å²) in [5.74, 6) is 0.947. The summed E-state index contributed by atoms with van der Waals surface area (Å²) in [6.45, 7) is 5.31. The van der Waals surface area contributed by atoms with Crippen LogP contribution in [0.15, 0.2) is 79.4 Å². The lowest BCUT2D eigenvalue weighted by Gasteiger charge is -2.20. The van der Waals surface area contributed by atoms with Gasteiger partial charge in [-0.3, -0.25) is 25.5 Å². The maximum atomic E-state index is 12.2. The molecule has 4 aromatic heterocycles. The lowest BCUT2D eigenvalue weighted by Crippen LogP contribution is -2.27. The molecule has 5 N–H and O–H groups in total. The quantitative estimate of drug-likeness (QED) is 0.0909. The highest BCUT2D eigenvalue weighted by Gasteiger charge is 2.22. The Morgan fingerprint density at radius 1 is 0.782 bits per heavy atom. The minimum absolute atomic E-state index is 0.0223. The highest BCUT2D eigenvalue weighted by Crippen LogP contribution is 2.36. The van der Waals surface area contributed by atoms with E-state index in [0.717, 1.165) is 0 Å². The van der Waals surface area contributed by atoms with Gasteiger partial charge in [0.2, 0.25) is 0 Å². The summed E-state index contributed by atoms with van der Waals surface area (Å²) in [7, 11) is 1.48. The molecule has 55 heavy (non-hydrogen) atoms. The molecule has 21 heteroatoms. The Kier molecular flexibility index (Phi) is 10.4. The molecule has 20 nitrogen and oxygen atoms in total. The summed E-state index contributed by atoms with van der Waals surface area (Å²) in [5, 5.41) is 34.5. The zero-order valence-corrected chi connectivity index (χ0v) is 31.5. The molecule has 280 valence electrons. The van der Waals surface area contributed by atoms with Crippen LogP contribution < -0.4 is 21.5 Å². The first-order chi connectivity index (χ1) is 26.1. The molecular formula is C34H30IN13O7. The molecule has 7 rings (SSSR count). The Morgan fingerprint density at radius 2 is 1.29 bits per heavy atom. The van der Waals surface area contributed by atoms with Crippen LogP contribution in [0.3, 0.4) is 0 Å². The number of aromatic nitrogens is 8. The van der Waals surface area contributed by atoms with Crippen molar-refractivity contribution in [1.29, 1.82) is 0 Å². The van der Waals surface area contributed by atoms with E-state index in [0.29, 0.717) is 65.7 Å². The molecule has 0 aliphatic carbocycles. The Hall–Kier alpha value is -7.04. The van der Waals surface area contributed by atoms with Gasteiger partial charge in [-0.05, 0) is 79.8 Å². The molecule has 0 atom stereocenters. The van der Waals surface area contributed by atoms with Crippen molar-refractivity contribution in [3.63, 3.8) is 0 Å². The number of carbonyl (C=O) groups excluding carboxylic acids is 1. The standard InChI is InChI=1S/C23H23N7O5.C11H7IN6O2/c1-23(2,3)35-22(31)27-16-10-5-13(11-17(16)34-4)19-18-20(24)25-12-26-21(18)29(28-19)14-6-8-15(9-7-14)30(32)33;12-9-8-10(13)14-5-15-11(8)17(16-9)6-1-3-7(4-2-6)18(19)20/h5-12H,1-4H3,(H,27,31)(H2,24,25,26);1-5H,(H2,13,14,15). The molecule has 1 amide bonds. The normalized spacial score (nSPS) is 11.1. The molecule has 0 unspecified atom stereocenters. The third kappa shape index (κ3) is 8.00. The van der Waals surface area contributed by atoms with Gasteiger partial charge >= 0.3 is 6.09 Å². The Balaban J connectivity index is 0.000000217. The van der Waals surface area contributed by atoms with Crippen LogP contribution in [-0.4, -0.2) is 68.1 Å². The zero-order chi connectivity index (χ0) is 39.6. The number of nitrogens with one attached hydrogen (secondary N) is 1. The minimum atomic E-state index is -0.654. The first-order valence-corrected chi connectivity index (χ1v) is 17.0. The molecule has 7 aromatic rings. The number of anilines is 3. The van der Waals surface area contributed by atoms with Gasteiger partial charge in [0.05, 0.1) is 44.8 Å². The number of non-ortho nitro benzene ring substituents is 2. The van der Waals surface area contributed by atoms with Crippen molar-refractivity contribution in [1.82, 2.24) is 39.5 Å². The molecule has 4 heterocycles. The summed E-state index contributed by atoms with van der Waals surface area (Å²) in [4.78, 5) is 49.5. The van der Waals surface area contributed by atoms with Crippen LogP contribution in [-0.2, 0) is 4.74 Å². The van der Waals surface area contributed by atoms with Crippen molar-refractivity contribution in [3.8, 4) is 28.4 Å². The number of methoxy groups -OCH3 is 1. The number of nitro benzene ring substituents is 2. The topological polar surface area (TPSA) is 273 Å². The van der Waals surface area contributed by atoms with Gasteiger partial charge in [0.15, 0.2) is 11.3 Å². The van der Waals surface area contributed by atoms with E-state index in [1.54, 1.807) is 67.9 Å². The van der Waals surface area contributed by atoms with E-state index < -0.39 is 21.5 Å². The fraction of sp³-hybridized carbons (Fsp3) is 0.147. The van der Waals surface area contributed by atoms with Crippen LogP contribution in [0.2, 0.25) is 0 Å². The number of nitro groups is 2. The van der Waals surface area contributed by atoms with Gasteiger partial charge in [-0.15, -0.1) is 0 Å². The molecule has 0 aliphatic heterocycles. The van der Waals surface area contributed by atoms with Gasteiger partial charge in [0.1, 0.15) is 45.0 Å². The molecule has 0 radical (unpaired) electrons. The number of benzene rings is 3. The molecule has 0 aliphatic rings. The van der Waals surface area contributed by atoms with Gasteiger partial charge in [-0.2, -0.15) is 10.2 Å². The Bertz CT molecular complexity index is 2590. The molecule has 0 bridgehead atoms. The third-order valence-electron chi connectivity index (χ3n) is 7.67. The van der Waals surface area contributed by atoms with E-state index in [1.165, 1.54) is 48.7 Å². The lowest BCUT2D eigenvalue weighted by molar-refractivity contribution is -0.385. The van der Waals surface area contributed by atoms with Crippen molar-refractivity contribution in [2.24, 2.45) is 0 Å². The molecule has 0 saturated heterocycles. The number of carbonyl (C=O) groups is 1. The van der Waals surface area contributed by atoms with Crippen LogP contribution in [0.5, 0.6) is 5.75 Å². The molecular weight excluding hydrogens is 829 g/mol. The predicted octanol–water partition coefficient (Wildman–Crippen LogP) is 6.24. The van der Waals surface area contributed by atoms with E-state index in [1.807, 2.05) is 22.6 Å². The zero-order valence-electron chi connectivity index (χ0n) is 29.4. The van der Waals surface area contributed by atoms with Gasteiger partial charge < -0.3 is 20.9 Å². The van der Waals surface area contributed by atoms with Crippen LogP contribution in [0.1, 0.15) is 20.8 Å². The molecule has 0 spiro atoms. The van der Waals surface area contributed by atoms with Crippen molar-refractivity contribution < 1.29 is 24.1 Å². The van der Waals surface area contributed by atoms with Crippen LogP contribution in [0, 0.1) is 23.9 Å². The van der Waals surface area contributed by atoms with Gasteiger partial charge in [-0.25, -0.2) is 34.1 Å². The second-order valence-corrected chi connectivity index (χ2v) is 13.5. The first kappa shape index (κ1) is 37.7. The SMILES string of the molecule is COc1cc(-c2nn(-c3ccc([N+](=O)[O-])cc3)c3ncnc(N)c23)ccc1NC(=O)OC(C)(C)C.Nc1ncnc2c1c(I)nn2-c1ccc([N+](=O)[O-])cc1. The van der Waals surface area contributed by atoms with Crippen LogP contribution in [0.25, 0.3) is 44.7 Å². The summed E-state index contributed by atoms with van der Waals surface area (Å²) in [6.07, 6.45) is 2.06.